The summed E-state index contributed by atoms with van der Waals surface area (Å²) in [5, 5.41) is 0. The predicted octanol–water partition coefficient (Wildman–Crippen LogP) is 1.39. The highest BCUT2D eigenvalue weighted by Crippen LogP contribution is 2.42. The van der Waals surface area contributed by atoms with Crippen LogP contribution in [0.2, 0.25) is 0 Å². The smallest absolute Gasteiger partial charge is 0.177 e. The molecule has 2 atom stereocenters. The summed E-state index contributed by atoms with van der Waals surface area (Å²) in [4.78, 5) is 15.0. The van der Waals surface area contributed by atoms with Gasteiger partial charge in [0.15, 0.2) is 11.4 Å². The van der Waals surface area contributed by atoms with E-state index in [1.54, 1.807) is 0 Å². The van der Waals surface area contributed by atoms with E-state index in [1.165, 1.54) is 0 Å². The van der Waals surface area contributed by atoms with Gasteiger partial charge in [0.1, 0.15) is 6.10 Å². The summed E-state index contributed by atoms with van der Waals surface area (Å²) in [7, 11) is 0. The van der Waals surface area contributed by atoms with Gasteiger partial charge in [-0.15, -0.1) is 0 Å². The minimum atomic E-state index is -0.653. The van der Waals surface area contributed by atoms with Crippen LogP contribution in [0.25, 0.3) is 0 Å². The predicted molar refractivity (Wildman–Crippen MR) is 55.4 cm³/mol. The number of carbonyl (C=O) groups excluding carboxylic acids is 1. The molecule has 0 amide bonds. The largest absolute Gasteiger partial charge is 0.365 e. The van der Waals surface area contributed by atoms with E-state index in [4.69, 9.17) is 4.74 Å². The first-order chi connectivity index (χ1) is 7.31. The van der Waals surface area contributed by atoms with Crippen molar-refractivity contribution in [1.82, 2.24) is 4.98 Å². The van der Waals surface area contributed by atoms with Gasteiger partial charge in [-0.3, -0.25) is 4.79 Å². The Balaban J connectivity index is 1.77. The third kappa shape index (κ3) is 1.27. The molecule has 1 aliphatic heterocycles. The average molecular weight is 201 g/mol. The van der Waals surface area contributed by atoms with E-state index in [0.29, 0.717) is 6.42 Å². The Morgan fingerprint density at radius 1 is 1.53 bits per heavy atom. The number of ether oxygens (including phenoxy) is 1. The summed E-state index contributed by atoms with van der Waals surface area (Å²) < 4.78 is 5.44. The first-order valence-electron chi connectivity index (χ1n) is 5.01. The third-order valence-corrected chi connectivity index (χ3v) is 2.88. The molecule has 1 aromatic rings. The number of rotatable bonds is 3. The van der Waals surface area contributed by atoms with Crippen LogP contribution in [0.15, 0.2) is 42.6 Å². The number of fused-ring (bicyclic) bond motifs is 1. The molecule has 3 nitrogen and oxygen atoms in total. The van der Waals surface area contributed by atoms with Gasteiger partial charge in [-0.2, -0.15) is 0 Å². The van der Waals surface area contributed by atoms with Crippen molar-refractivity contribution in [2.24, 2.45) is 0 Å². The van der Waals surface area contributed by atoms with E-state index in [-0.39, 0.29) is 11.9 Å². The zero-order valence-corrected chi connectivity index (χ0v) is 8.14. The maximum atomic E-state index is 12.0. The number of nitrogens with one attached hydrogen (secondary N) is 1. The van der Waals surface area contributed by atoms with Crippen molar-refractivity contribution >= 4 is 5.78 Å². The summed E-state index contributed by atoms with van der Waals surface area (Å²) in [6.45, 7) is 0. The number of hydrogen-bond acceptors (Lipinski definition) is 2. The molecule has 0 radical (unpaired) electrons. The van der Waals surface area contributed by atoms with Crippen LogP contribution in [-0.2, 0) is 16.0 Å². The van der Waals surface area contributed by atoms with Gasteiger partial charge in [0.2, 0.25) is 0 Å². The van der Waals surface area contributed by atoms with E-state index in [9.17, 15) is 4.79 Å². The van der Waals surface area contributed by atoms with Gasteiger partial charge < -0.3 is 9.72 Å². The molecule has 15 heavy (non-hydrogen) atoms. The van der Waals surface area contributed by atoms with Gasteiger partial charge in [-0.25, -0.2) is 0 Å². The topological polar surface area (TPSA) is 45.4 Å². The molecule has 3 heteroatoms. The molecule has 0 bridgehead atoms. The van der Waals surface area contributed by atoms with Gasteiger partial charge in [0.05, 0.1) is 0 Å². The fourth-order valence-corrected chi connectivity index (χ4v) is 1.96. The number of hydrogen-bond donors (Lipinski definition) is 1. The van der Waals surface area contributed by atoms with E-state index >= 15 is 0 Å². The quantitative estimate of drug-likeness (QED) is 0.751. The lowest BCUT2D eigenvalue weighted by molar-refractivity contribution is -0.121. The van der Waals surface area contributed by atoms with Crippen molar-refractivity contribution in [2.75, 3.05) is 0 Å². The molecule has 0 saturated carbocycles. The Labute approximate surface area is 87.4 Å². The molecular formula is C12H11NO2. The second kappa shape index (κ2) is 2.94. The molecule has 0 aromatic carbocycles. The van der Waals surface area contributed by atoms with Crippen LogP contribution in [0.4, 0.5) is 0 Å². The number of allylic oxidation sites excluding steroid dienone is 2. The zero-order chi connectivity index (χ0) is 10.3. The molecule has 1 aromatic heterocycles. The van der Waals surface area contributed by atoms with E-state index < -0.39 is 5.60 Å². The standard InChI is InChI=1S/C12H11NO2/c14-10(8-9-4-3-7-13-9)12-6-2-1-5-11(12)15-12/h1-7,11,13H,8H2. The summed E-state index contributed by atoms with van der Waals surface area (Å²) in [6.07, 6.45) is 9.75. The van der Waals surface area contributed by atoms with Crippen LogP contribution >= 0.6 is 0 Å². The molecule has 1 aliphatic carbocycles. The highest BCUT2D eigenvalue weighted by atomic mass is 16.6. The zero-order valence-electron chi connectivity index (χ0n) is 8.14. The van der Waals surface area contributed by atoms with Crippen molar-refractivity contribution in [3.05, 3.63) is 48.3 Å². The Morgan fingerprint density at radius 2 is 2.47 bits per heavy atom. The van der Waals surface area contributed by atoms with Gasteiger partial charge in [-0.1, -0.05) is 18.2 Å². The number of aromatic amines is 1. The Kier molecular flexibility index (Phi) is 1.70. The normalized spacial score (nSPS) is 31.3. The number of H-pyrrole nitrogens is 1. The number of carbonyl (C=O) groups is 1. The van der Waals surface area contributed by atoms with E-state index in [0.717, 1.165) is 5.69 Å². The van der Waals surface area contributed by atoms with Gasteiger partial charge in [0.25, 0.3) is 0 Å². The van der Waals surface area contributed by atoms with Gasteiger partial charge >= 0.3 is 0 Å². The molecule has 1 fully saturated rings. The van der Waals surface area contributed by atoms with Crippen molar-refractivity contribution in [3.63, 3.8) is 0 Å². The molecule has 1 saturated heterocycles. The monoisotopic (exact) mass is 201 g/mol. The second-order valence-corrected chi connectivity index (χ2v) is 3.87. The van der Waals surface area contributed by atoms with E-state index in [2.05, 4.69) is 4.98 Å². The lowest BCUT2D eigenvalue weighted by Crippen LogP contribution is -2.27. The van der Waals surface area contributed by atoms with E-state index in [1.807, 2.05) is 42.6 Å². The molecular weight excluding hydrogens is 190 g/mol. The lowest BCUT2D eigenvalue weighted by Gasteiger charge is -2.06. The fraction of sp³-hybridized carbons (Fsp3) is 0.250. The SMILES string of the molecule is O=C(Cc1ccc[nH]1)C12C=CC=CC1O2. The van der Waals surface area contributed by atoms with Crippen LogP contribution in [0.5, 0.6) is 0 Å². The van der Waals surface area contributed by atoms with Crippen LogP contribution in [-0.4, -0.2) is 22.5 Å². The number of ketones is 1. The maximum absolute atomic E-state index is 12.0. The summed E-state index contributed by atoms with van der Waals surface area (Å²) >= 11 is 0. The molecule has 76 valence electrons. The van der Waals surface area contributed by atoms with Crippen LogP contribution < -0.4 is 0 Å². The minimum Gasteiger partial charge on any atom is -0.365 e. The molecule has 3 rings (SSSR count). The Morgan fingerprint density at radius 3 is 3.20 bits per heavy atom. The number of Topliss-reactive ketones (excluding diaryl/α,β-unsaturated/α-hetero) is 1. The third-order valence-electron chi connectivity index (χ3n) is 2.88. The number of aromatic nitrogens is 1. The summed E-state index contributed by atoms with van der Waals surface area (Å²) in [5.41, 5.74) is 0.284. The van der Waals surface area contributed by atoms with Gasteiger partial charge in [0, 0.05) is 18.3 Å². The Hall–Kier alpha value is -1.61. The first kappa shape index (κ1) is 8.68. The van der Waals surface area contributed by atoms with Crippen molar-refractivity contribution in [3.8, 4) is 0 Å². The number of epoxide rings is 1. The maximum Gasteiger partial charge on any atom is 0.177 e. The molecule has 2 unspecified atom stereocenters. The minimum absolute atomic E-state index is 0.0371. The van der Waals surface area contributed by atoms with Gasteiger partial charge in [-0.05, 0) is 18.2 Å². The second-order valence-electron chi connectivity index (χ2n) is 3.87. The highest BCUT2D eigenvalue weighted by molar-refractivity contribution is 5.95. The molecule has 0 spiro atoms. The van der Waals surface area contributed by atoms with Crippen LogP contribution in [0, 0.1) is 0 Å². The van der Waals surface area contributed by atoms with Crippen LogP contribution in [0.1, 0.15) is 5.69 Å². The van der Waals surface area contributed by atoms with Crippen molar-refractivity contribution in [1.29, 1.82) is 0 Å². The highest BCUT2D eigenvalue weighted by Gasteiger charge is 2.59. The summed E-state index contributed by atoms with van der Waals surface area (Å²) in [5.74, 6) is 0.121. The average Bonchev–Trinajstić information content (AvgIpc) is 2.81. The first-order valence-corrected chi connectivity index (χ1v) is 5.01. The summed E-state index contributed by atoms with van der Waals surface area (Å²) in [6, 6.07) is 3.80. The Bertz CT molecular complexity index is 444. The molecule has 2 heterocycles. The van der Waals surface area contributed by atoms with Crippen molar-refractivity contribution < 1.29 is 9.53 Å². The van der Waals surface area contributed by atoms with Crippen molar-refractivity contribution in [2.45, 2.75) is 18.1 Å². The molecule has 2 aliphatic rings. The lowest BCUT2D eigenvalue weighted by atomic mass is 9.93. The van der Waals surface area contributed by atoms with Crippen LogP contribution in [0.3, 0.4) is 0 Å². The fourth-order valence-electron chi connectivity index (χ4n) is 1.96. The molecule has 1 N–H and O–H groups in total.